The largest absolute Gasteiger partial charge is 0.397 e. The number of hydrogen-bond donors (Lipinski definition) is 1. The van der Waals surface area contributed by atoms with Crippen molar-refractivity contribution >= 4 is 33.4 Å². The van der Waals surface area contributed by atoms with Crippen LogP contribution in [0.1, 0.15) is 0 Å². The van der Waals surface area contributed by atoms with Crippen LogP contribution in [-0.4, -0.2) is 10.7 Å². The summed E-state index contributed by atoms with van der Waals surface area (Å²) >= 11 is 4.90. The summed E-state index contributed by atoms with van der Waals surface area (Å²) in [6, 6.07) is 3.74. The molecule has 0 saturated carbocycles. The van der Waals surface area contributed by atoms with E-state index in [9.17, 15) is 0 Å². The molecule has 0 aromatic carbocycles. The van der Waals surface area contributed by atoms with Crippen LogP contribution in [0.2, 0.25) is 0 Å². The smallest absolute Gasteiger partial charge is 0.0964 e. The molecule has 0 aliphatic rings. The van der Waals surface area contributed by atoms with Gasteiger partial charge in [0.15, 0.2) is 0 Å². The van der Waals surface area contributed by atoms with Crippen LogP contribution >= 0.6 is 27.7 Å². The minimum Gasteiger partial charge on any atom is -0.397 e. The number of nitrogens with zero attached hydrogens (tertiary/aromatic N) is 1. The highest BCUT2D eigenvalue weighted by atomic mass is 79.9. The van der Waals surface area contributed by atoms with Crippen molar-refractivity contribution in [3.05, 3.63) is 29.4 Å². The average molecular weight is 245 g/mol. The van der Waals surface area contributed by atoms with Gasteiger partial charge in [-0.2, -0.15) is 0 Å². The summed E-state index contributed by atoms with van der Waals surface area (Å²) < 4.78 is 0.964. The summed E-state index contributed by atoms with van der Waals surface area (Å²) in [6.45, 7) is 3.73. The average Bonchev–Trinajstić information content (AvgIpc) is 2.03. The molecule has 0 aliphatic heterocycles. The van der Waals surface area contributed by atoms with Gasteiger partial charge in [0.2, 0.25) is 0 Å². The van der Waals surface area contributed by atoms with Crippen LogP contribution in [0.3, 0.4) is 0 Å². The summed E-state index contributed by atoms with van der Waals surface area (Å²) in [7, 11) is 0. The second-order valence-electron chi connectivity index (χ2n) is 2.24. The summed E-state index contributed by atoms with van der Waals surface area (Å²) in [4.78, 5) is 4.13. The van der Waals surface area contributed by atoms with Gasteiger partial charge in [0.25, 0.3) is 0 Å². The minimum absolute atomic E-state index is 0.692. The third kappa shape index (κ3) is 3.28. The van der Waals surface area contributed by atoms with E-state index < -0.39 is 0 Å². The number of nitrogen functional groups attached to an aromatic ring is 1. The van der Waals surface area contributed by atoms with E-state index in [0.29, 0.717) is 5.69 Å². The Morgan fingerprint density at radius 1 is 1.67 bits per heavy atom. The Hall–Kier alpha value is -0.480. The molecule has 1 rings (SSSR count). The van der Waals surface area contributed by atoms with Crippen LogP contribution in [0.15, 0.2) is 34.4 Å². The van der Waals surface area contributed by atoms with Crippen molar-refractivity contribution in [2.24, 2.45) is 0 Å². The molecule has 0 spiro atoms. The molecule has 0 amide bonds. The van der Waals surface area contributed by atoms with E-state index in [-0.39, 0.29) is 0 Å². The summed E-state index contributed by atoms with van der Waals surface area (Å²) in [5.41, 5.74) is 6.18. The van der Waals surface area contributed by atoms with Gasteiger partial charge >= 0.3 is 0 Å². The molecule has 1 heterocycles. The molecule has 0 bridgehead atoms. The second-order valence-corrected chi connectivity index (χ2v) is 4.35. The van der Waals surface area contributed by atoms with Crippen LogP contribution in [0, 0.1) is 0 Å². The van der Waals surface area contributed by atoms with Crippen molar-refractivity contribution in [3.8, 4) is 0 Å². The van der Waals surface area contributed by atoms with Gasteiger partial charge in [-0.05, 0) is 16.6 Å². The number of pyridine rings is 1. The Kier molecular flexibility index (Phi) is 3.62. The van der Waals surface area contributed by atoms with E-state index in [1.54, 1.807) is 18.0 Å². The van der Waals surface area contributed by atoms with Gasteiger partial charge in [-0.25, -0.2) is 4.98 Å². The Morgan fingerprint density at radius 2 is 2.42 bits per heavy atom. The van der Waals surface area contributed by atoms with Gasteiger partial charge in [-0.15, -0.1) is 11.8 Å². The normalized spacial score (nSPS) is 9.75. The van der Waals surface area contributed by atoms with Crippen LogP contribution in [-0.2, 0) is 0 Å². The van der Waals surface area contributed by atoms with Gasteiger partial charge in [-0.3, -0.25) is 0 Å². The van der Waals surface area contributed by atoms with E-state index in [2.05, 4.69) is 27.5 Å². The van der Waals surface area contributed by atoms with Crippen molar-refractivity contribution in [2.45, 2.75) is 5.03 Å². The molecule has 2 nitrogen and oxygen atoms in total. The van der Waals surface area contributed by atoms with Crippen molar-refractivity contribution in [2.75, 3.05) is 11.5 Å². The van der Waals surface area contributed by atoms with E-state index >= 15 is 0 Å². The molecule has 12 heavy (non-hydrogen) atoms. The van der Waals surface area contributed by atoms with Crippen LogP contribution in [0.5, 0.6) is 0 Å². The zero-order valence-electron chi connectivity index (χ0n) is 6.46. The third-order valence-electron chi connectivity index (χ3n) is 1.14. The predicted octanol–water partition coefficient (Wildman–Crippen LogP) is 2.66. The van der Waals surface area contributed by atoms with Crippen molar-refractivity contribution in [1.82, 2.24) is 4.98 Å². The molecule has 64 valence electrons. The molecule has 0 atom stereocenters. The van der Waals surface area contributed by atoms with Crippen molar-refractivity contribution < 1.29 is 0 Å². The standard InChI is InChI=1S/C8H9BrN2S/c1-6(9)5-12-8-3-2-7(10)4-11-8/h2-4H,1,5,10H2. The first-order valence-electron chi connectivity index (χ1n) is 3.36. The lowest BCUT2D eigenvalue weighted by atomic mass is 10.4. The summed E-state index contributed by atoms with van der Waals surface area (Å²) in [5, 5.41) is 0.963. The molecule has 1 aromatic heterocycles. The molecular weight excluding hydrogens is 236 g/mol. The third-order valence-corrected chi connectivity index (χ3v) is 2.82. The van der Waals surface area contributed by atoms with Gasteiger partial charge in [-0.1, -0.05) is 22.5 Å². The van der Waals surface area contributed by atoms with Gasteiger partial charge in [0.05, 0.1) is 16.9 Å². The predicted molar refractivity (Wildman–Crippen MR) is 57.4 cm³/mol. The zero-order valence-corrected chi connectivity index (χ0v) is 8.86. The van der Waals surface area contributed by atoms with Crippen molar-refractivity contribution in [1.29, 1.82) is 0 Å². The van der Waals surface area contributed by atoms with E-state index in [0.717, 1.165) is 15.3 Å². The molecular formula is C8H9BrN2S. The minimum atomic E-state index is 0.692. The second kappa shape index (κ2) is 4.52. The van der Waals surface area contributed by atoms with Crippen LogP contribution in [0.25, 0.3) is 0 Å². The Labute approximate surface area is 84.4 Å². The number of rotatable bonds is 3. The molecule has 0 aliphatic carbocycles. The zero-order chi connectivity index (χ0) is 8.97. The summed E-state index contributed by atoms with van der Waals surface area (Å²) in [5.74, 6) is 0.830. The fourth-order valence-corrected chi connectivity index (χ4v) is 1.57. The molecule has 1 aromatic rings. The molecule has 4 heteroatoms. The number of halogens is 1. The Morgan fingerprint density at radius 3 is 2.92 bits per heavy atom. The lowest BCUT2D eigenvalue weighted by Gasteiger charge is -1.98. The first-order valence-corrected chi connectivity index (χ1v) is 5.14. The maximum absolute atomic E-state index is 5.48. The molecule has 0 fully saturated rings. The highest BCUT2D eigenvalue weighted by Gasteiger charge is 1.95. The molecule has 2 N–H and O–H groups in total. The Balaban J connectivity index is 2.53. The van der Waals surface area contributed by atoms with Crippen LogP contribution in [0.4, 0.5) is 5.69 Å². The van der Waals surface area contributed by atoms with Crippen molar-refractivity contribution in [3.63, 3.8) is 0 Å². The first kappa shape index (κ1) is 9.61. The number of nitrogens with two attached hydrogens (primary N) is 1. The number of thioether (sulfide) groups is 1. The number of hydrogen-bond acceptors (Lipinski definition) is 3. The van der Waals surface area contributed by atoms with Gasteiger partial charge < -0.3 is 5.73 Å². The first-order chi connectivity index (χ1) is 5.68. The molecule has 0 unspecified atom stereocenters. The lowest BCUT2D eigenvalue weighted by molar-refractivity contribution is 1.14. The number of aromatic nitrogens is 1. The maximum Gasteiger partial charge on any atom is 0.0964 e. The molecule has 0 radical (unpaired) electrons. The highest BCUT2D eigenvalue weighted by Crippen LogP contribution is 2.20. The quantitative estimate of drug-likeness (QED) is 0.832. The summed E-state index contributed by atoms with van der Waals surface area (Å²) in [6.07, 6.45) is 1.65. The molecule has 0 saturated heterocycles. The maximum atomic E-state index is 5.48. The van der Waals surface area contributed by atoms with E-state index in [1.807, 2.05) is 12.1 Å². The number of anilines is 1. The van der Waals surface area contributed by atoms with Crippen LogP contribution < -0.4 is 5.73 Å². The Bertz CT molecular complexity index is 271. The highest BCUT2D eigenvalue weighted by molar-refractivity contribution is 9.11. The SMILES string of the molecule is C=C(Br)CSc1ccc(N)cn1. The monoisotopic (exact) mass is 244 g/mol. The lowest BCUT2D eigenvalue weighted by Crippen LogP contribution is -1.87. The van der Waals surface area contributed by atoms with Gasteiger partial charge in [0, 0.05) is 5.75 Å². The fraction of sp³-hybridized carbons (Fsp3) is 0.125. The van der Waals surface area contributed by atoms with E-state index in [1.165, 1.54) is 0 Å². The fourth-order valence-electron chi connectivity index (χ4n) is 0.629. The van der Waals surface area contributed by atoms with Gasteiger partial charge in [0.1, 0.15) is 0 Å². The van der Waals surface area contributed by atoms with E-state index in [4.69, 9.17) is 5.73 Å². The topological polar surface area (TPSA) is 38.9 Å².